The van der Waals surface area contributed by atoms with Gasteiger partial charge in [0.05, 0.1) is 12.2 Å². The number of nitrogens with zero attached hydrogens (tertiary/aromatic N) is 3. The van der Waals surface area contributed by atoms with Crippen LogP contribution in [0.25, 0.3) is 5.69 Å². The smallest absolute Gasteiger partial charge is 0.193 e. The van der Waals surface area contributed by atoms with E-state index in [0.717, 1.165) is 23.5 Å². The number of hydrogen-bond donors (Lipinski definition) is 2. The molecule has 27 heavy (non-hydrogen) atoms. The summed E-state index contributed by atoms with van der Waals surface area (Å²) in [6, 6.07) is 13.0. The Kier molecular flexibility index (Phi) is 7.35. The van der Waals surface area contributed by atoms with Crippen molar-refractivity contribution in [1.82, 2.24) is 9.55 Å². The minimum atomic E-state index is -0.319. The highest BCUT2D eigenvalue weighted by molar-refractivity contribution is 14.0. The first kappa shape index (κ1) is 20.9. The Labute approximate surface area is 175 Å². The number of hydrogen-bond acceptors (Lipinski definition) is 2. The van der Waals surface area contributed by atoms with E-state index < -0.39 is 0 Å². The minimum Gasteiger partial charge on any atom is -0.370 e. The highest BCUT2D eigenvalue weighted by Gasteiger charge is 2.08. The van der Waals surface area contributed by atoms with Gasteiger partial charge in [-0.05, 0) is 48.7 Å². The van der Waals surface area contributed by atoms with Gasteiger partial charge in [0.25, 0.3) is 0 Å². The number of guanidine groups is 1. The molecular weight excluding hydrogens is 456 g/mol. The maximum Gasteiger partial charge on any atom is 0.193 e. The van der Waals surface area contributed by atoms with Crippen LogP contribution in [-0.2, 0) is 13.0 Å². The number of aryl methyl sites for hydroxylation is 2. The zero-order chi connectivity index (χ0) is 18.5. The van der Waals surface area contributed by atoms with E-state index in [4.69, 9.17) is 5.73 Å². The SMILES string of the molecule is CCc1cccc(NC(N)=NCc2ccc(-n3ccnc3C)c(F)c2)c1.I. The zero-order valence-electron chi connectivity index (χ0n) is 15.3. The van der Waals surface area contributed by atoms with Crippen LogP contribution in [0.2, 0.25) is 0 Å². The quantitative estimate of drug-likeness (QED) is 0.323. The van der Waals surface area contributed by atoms with Gasteiger partial charge < -0.3 is 15.6 Å². The Morgan fingerprint density at radius 3 is 2.70 bits per heavy atom. The van der Waals surface area contributed by atoms with Crippen molar-refractivity contribution in [3.05, 3.63) is 77.6 Å². The highest BCUT2D eigenvalue weighted by atomic mass is 127. The molecule has 0 radical (unpaired) electrons. The third kappa shape index (κ3) is 5.29. The van der Waals surface area contributed by atoms with Crippen molar-refractivity contribution < 1.29 is 4.39 Å². The second-order valence-corrected chi connectivity index (χ2v) is 6.01. The molecule has 0 atom stereocenters. The molecule has 0 saturated carbocycles. The fourth-order valence-corrected chi connectivity index (χ4v) is 2.71. The molecule has 7 heteroatoms. The number of halogens is 2. The molecule has 0 aliphatic heterocycles. The number of anilines is 1. The molecule has 0 spiro atoms. The molecule has 0 unspecified atom stereocenters. The van der Waals surface area contributed by atoms with E-state index in [2.05, 4.69) is 28.3 Å². The standard InChI is InChI=1S/C20H22FN5.HI/c1-3-15-5-4-6-17(11-15)25-20(22)24-13-16-7-8-19(18(21)12-16)26-10-9-23-14(26)2;/h4-12H,3,13H2,1-2H3,(H3,22,24,25);1H. The Morgan fingerprint density at radius 2 is 2.04 bits per heavy atom. The zero-order valence-corrected chi connectivity index (χ0v) is 17.6. The van der Waals surface area contributed by atoms with Crippen LogP contribution < -0.4 is 11.1 Å². The predicted molar refractivity (Wildman–Crippen MR) is 118 cm³/mol. The summed E-state index contributed by atoms with van der Waals surface area (Å²) in [6.45, 7) is 4.23. The molecule has 3 aromatic rings. The Hall–Kier alpha value is -2.42. The summed E-state index contributed by atoms with van der Waals surface area (Å²) in [7, 11) is 0. The van der Waals surface area contributed by atoms with Gasteiger partial charge in [-0.3, -0.25) is 0 Å². The average Bonchev–Trinajstić information content (AvgIpc) is 3.06. The van der Waals surface area contributed by atoms with Crippen molar-refractivity contribution in [2.75, 3.05) is 5.32 Å². The number of aliphatic imine (C=N–C) groups is 1. The lowest BCUT2D eigenvalue weighted by Crippen LogP contribution is -2.22. The largest absolute Gasteiger partial charge is 0.370 e. The molecule has 5 nitrogen and oxygen atoms in total. The lowest BCUT2D eigenvalue weighted by Gasteiger charge is -2.09. The molecule has 142 valence electrons. The maximum absolute atomic E-state index is 14.4. The number of imidazole rings is 1. The van der Waals surface area contributed by atoms with E-state index in [-0.39, 0.29) is 29.8 Å². The molecular formula is C20H23FIN5. The summed E-state index contributed by atoms with van der Waals surface area (Å²) in [4.78, 5) is 8.41. The predicted octanol–water partition coefficient (Wildman–Crippen LogP) is 4.43. The number of benzene rings is 2. The highest BCUT2D eigenvalue weighted by Crippen LogP contribution is 2.17. The van der Waals surface area contributed by atoms with Crippen molar-refractivity contribution in [2.24, 2.45) is 10.7 Å². The van der Waals surface area contributed by atoms with Crippen LogP contribution in [0.5, 0.6) is 0 Å². The number of nitrogens with two attached hydrogens (primary N) is 1. The summed E-state index contributed by atoms with van der Waals surface area (Å²) in [5.41, 5.74) is 9.27. The van der Waals surface area contributed by atoms with Crippen LogP contribution in [0.3, 0.4) is 0 Å². The van der Waals surface area contributed by atoms with Crippen LogP contribution in [0.15, 0.2) is 59.9 Å². The first-order valence-corrected chi connectivity index (χ1v) is 8.51. The van der Waals surface area contributed by atoms with Crippen LogP contribution >= 0.6 is 24.0 Å². The molecule has 1 heterocycles. The Bertz CT molecular complexity index is 936. The number of nitrogens with one attached hydrogen (secondary N) is 1. The Morgan fingerprint density at radius 1 is 1.22 bits per heavy atom. The van der Waals surface area contributed by atoms with Crippen molar-refractivity contribution in [2.45, 2.75) is 26.8 Å². The van der Waals surface area contributed by atoms with Crippen LogP contribution in [0.4, 0.5) is 10.1 Å². The first-order valence-electron chi connectivity index (χ1n) is 8.51. The fourth-order valence-electron chi connectivity index (χ4n) is 2.71. The van der Waals surface area contributed by atoms with E-state index in [1.165, 1.54) is 11.6 Å². The molecule has 3 rings (SSSR count). The van der Waals surface area contributed by atoms with Crippen molar-refractivity contribution in [3.63, 3.8) is 0 Å². The van der Waals surface area contributed by atoms with Crippen molar-refractivity contribution in [3.8, 4) is 5.69 Å². The molecule has 0 bridgehead atoms. The topological polar surface area (TPSA) is 68.2 Å². The molecule has 0 amide bonds. The molecule has 0 aliphatic rings. The third-order valence-corrected chi connectivity index (χ3v) is 4.14. The van der Waals surface area contributed by atoms with Crippen molar-refractivity contribution in [1.29, 1.82) is 0 Å². The number of aromatic nitrogens is 2. The van der Waals surface area contributed by atoms with E-state index in [9.17, 15) is 4.39 Å². The van der Waals surface area contributed by atoms with Crippen molar-refractivity contribution >= 4 is 35.6 Å². The van der Waals surface area contributed by atoms with Gasteiger partial charge in [0.15, 0.2) is 5.96 Å². The second-order valence-electron chi connectivity index (χ2n) is 6.01. The molecule has 0 aliphatic carbocycles. The van der Waals surface area contributed by atoms with Gasteiger partial charge in [-0.25, -0.2) is 14.4 Å². The molecule has 0 saturated heterocycles. The minimum absolute atomic E-state index is 0. The first-order chi connectivity index (χ1) is 12.6. The lowest BCUT2D eigenvalue weighted by atomic mass is 10.1. The molecule has 3 N–H and O–H groups in total. The van der Waals surface area contributed by atoms with Gasteiger partial charge in [0, 0.05) is 18.1 Å². The normalized spacial score (nSPS) is 11.1. The summed E-state index contributed by atoms with van der Waals surface area (Å²) in [6.07, 6.45) is 4.33. The monoisotopic (exact) mass is 479 g/mol. The molecule has 0 fully saturated rings. The van der Waals surface area contributed by atoms with E-state index in [0.29, 0.717) is 18.2 Å². The summed E-state index contributed by atoms with van der Waals surface area (Å²) >= 11 is 0. The van der Waals surface area contributed by atoms with E-state index in [1.54, 1.807) is 23.0 Å². The van der Waals surface area contributed by atoms with Gasteiger partial charge in [-0.15, -0.1) is 24.0 Å². The molecule has 2 aromatic carbocycles. The second kappa shape index (κ2) is 9.50. The van der Waals surface area contributed by atoms with Crippen LogP contribution in [-0.4, -0.2) is 15.5 Å². The lowest BCUT2D eigenvalue weighted by molar-refractivity contribution is 0.614. The van der Waals surface area contributed by atoms with Crippen LogP contribution in [0, 0.1) is 12.7 Å². The van der Waals surface area contributed by atoms with Gasteiger partial charge in [-0.2, -0.15) is 0 Å². The summed E-state index contributed by atoms with van der Waals surface area (Å²) < 4.78 is 16.1. The maximum atomic E-state index is 14.4. The van der Waals surface area contributed by atoms with Gasteiger partial charge in [0.1, 0.15) is 11.6 Å². The van der Waals surface area contributed by atoms with E-state index >= 15 is 0 Å². The fraction of sp³-hybridized carbons (Fsp3) is 0.200. The Balaban J connectivity index is 0.00000261. The van der Waals surface area contributed by atoms with Crippen LogP contribution in [0.1, 0.15) is 23.9 Å². The number of rotatable bonds is 5. The van der Waals surface area contributed by atoms with E-state index in [1.807, 2.05) is 31.2 Å². The summed E-state index contributed by atoms with van der Waals surface area (Å²) in [5, 5.41) is 3.06. The third-order valence-electron chi connectivity index (χ3n) is 4.14. The van der Waals surface area contributed by atoms with Gasteiger partial charge in [-0.1, -0.05) is 25.1 Å². The average molecular weight is 479 g/mol. The van der Waals surface area contributed by atoms with Gasteiger partial charge in [0.2, 0.25) is 0 Å². The summed E-state index contributed by atoms with van der Waals surface area (Å²) in [5.74, 6) is 0.714. The van der Waals surface area contributed by atoms with Gasteiger partial charge >= 0.3 is 0 Å². The molecule has 1 aromatic heterocycles.